The predicted octanol–water partition coefficient (Wildman–Crippen LogP) is 12.4. The average Bonchev–Trinajstić information content (AvgIpc) is 3.15. The molecule has 0 aliphatic heterocycles. The third-order valence-corrected chi connectivity index (χ3v) is 10.4. The molecule has 0 bridgehead atoms. The Hall–Kier alpha value is -2.06. The summed E-state index contributed by atoms with van der Waals surface area (Å²) in [5.41, 5.74) is 0. The molecule has 3 unspecified atom stereocenters. The molecule has 324 valence electrons. The molecule has 0 aromatic carbocycles. The predicted molar refractivity (Wildman–Crippen MR) is 240 cm³/mol. The van der Waals surface area contributed by atoms with Crippen LogP contribution >= 0.6 is 7.82 Å². The van der Waals surface area contributed by atoms with E-state index in [2.05, 4.69) is 79.9 Å². The largest absolute Gasteiger partial charge is 0.472 e. The van der Waals surface area contributed by atoms with E-state index in [0.29, 0.717) is 17.4 Å². The first-order valence-electron chi connectivity index (χ1n) is 22.3. The fraction of sp³-hybridized carbons (Fsp3) is 0.723. The number of aliphatic hydroxyl groups is 1. The van der Waals surface area contributed by atoms with E-state index in [9.17, 15) is 19.4 Å². The maximum Gasteiger partial charge on any atom is 0.472 e. The number of hydrogen-bond donors (Lipinski definition) is 3. The average molecular weight is 806 g/mol. The van der Waals surface area contributed by atoms with E-state index in [1.165, 1.54) is 64.2 Å². The Labute approximate surface area is 344 Å². The van der Waals surface area contributed by atoms with Crippen molar-refractivity contribution in [1.29, 1.82) is 0 Å². The molecule has 0 aromatic rings. The minimum absolute atomic E-state index is 0.0554. The van der Waals surface area contributed by atoms with Crippen molar-refractivity contribution in [2.75, 3.05) is 40.9 Å². The number of carbonyl (C=O) groups is 1. The van der Waals surface area contributed by atoms with Gasteiger partial charge in [0.05, 0.1) is 39.9 Å². The van der Waals surface area contributed by atoms with Gasteiger partial charge in [-0.05, 0) is 64.2 Å². The molecule has 0 rings (SSSR count). The Morgan fingerprint density at radius 3 is 1.57 bits per heavy atom. The summed E-state index contributed by atoms with van der Waals surface area (Å²) in [6.45, 7) is 4.65. The maximum absolute atomic E-state index is 12.9. The lowest BCUT2D eigenvalue weighted by Gasteiger charge is -2.25. The van der Waals surface area contributed by atoms with Crippen LogP contribution in [-0.2, 0) is 18.4 Å². The quantitative estimate of drug-likeness (QED) is 0.0247. The van der Waals surface area contributed by atoms with Gasteiger partial charge in [0.2, 0.25) is 5.91 Å². The normalized spacial score (nSPS) is 15.1. The number of phosphoric ester groups is 1. The lowest BCUT2D eigenvalue weighted by molar-refractivity contribution is -0.870. The summed E-state index contributed by atoms with van der Waals surface area (Å²) in [7, 11) is 1.55. The highest BCUT2D eigenvalue weighted by atomic mass is 31.2. The third kappa shape index (κ3) is 40.1. The first-order chi connectivity index (χ1) is 27.0. The van der Waals surface area contributed by atoms with Gasteiger partial charge < -0.3 is 19.8 Å². The highest BCUT2D eigenvalue weighted by molar-refractivity contribution is 7.47. The van der Waals surface area contributed by atoms with Crippen molar-refractivity contribution in [3.05, 3.63) is 72.9 Å². The van der Waals surface area contributed by atoms with Crippen LogP contribution in [0.5, 0.6) is 0 Å². The second-order valence-corrected chi connectivity index (χ2v) is 17.5. The number of amides is 1. The summed E-state index contributed by atoms with van der Waals surface area (Å²) in [5.74, 6) is -0.194. The van der Waals surface area contributed by atoms with Gasteiger partial charge >= 0.3 is 7.82 Å². The van der Waals surface area contributed by atoms with Crippen molar-refractivity contribution >= 4 is 13.7 Å². The fourth-order valence-corrected chi connectivity index (χ4v) is 6.63. The van der Waals surface area contributed by atoms with Crippen molar-refractivity contribution < 1.29 is 32.9 Å². The van der Waals surface area contributed by atoms with E-state index < -0.39 is 20.0 Å². The number of nitrogens with zero attached hydrogens (tertiary/aromatic N) is 1. The Morgan fingerprint density at radius 1 is 0.625 bits per heavy atom. The van der Waals surface area contributed by atoms with Gasteiger partial charge in [-0.1, -0.05) is 170 Å². The van der Waals surface area contributed by atoms with Crippen LogP contribution in [-0.4, -0.2) is 73.4 Å². The number of carbonyl (C=O) groups excluding carboxylic acids is 1. The molecule has 0 fully saturated rings. The van der Waals surface area contributed by atoms with Crippen LogP contribution in [0.15, 0.2) is 72.9 Å². The van der Waals surface area contributed by atoms with Gasteiger partial charge in [0.1, 0.15) is 13.2 Å². The number of nitrogens with one attached hydrogen (secondary N) is 1. The smallest absolute Gasteiger partial charge is 0.387 e. The fourth-order valence-electron chi connectivity index (χ4n) is 5.89. The topological polar surface area (TPSA) is 105 Å². The molecule has 0 saturated heterocycles. The van der Waals surface area contributed by atoms with Crippen LogP contribution < -0.4 is 5.32 Å². The molecule has 0 aliphatic rings. The second-order valence-electron chi connectivity index (χ2n) is 16.0. The zero-order valence-corrected chi connectivity index (χ0v) is 37.5. The third-order valence-electron chi connectivity index (χ3n) is 9.43. The summed E-state index contributed by atoms with van der Waals surface area (Å²) in [6, 6.07) is -0.854. The SMILES string of the molecule is CC/C=C\C/C=C\C/C=C\C/C=C\C/C=C\CCCCCCCCCC(=O)NC(COP(=O)(O)OCC[N+](C)(C)C)C(O)/C=C/CCCCCCCCCCC. The summed E-state index contributed by atoms with van der Waals surface area (Å²) >= 11 is 0. The number of hydrogen-bond acceptors (Lipinski definition) is 5. The first kappa shape index (κ1) is 53.9. The minimum atomic E-state index is -4.34. The van der Waals surface area contributed by atoms with Crippen LogP contribution in [0.25, 0.3) is 0 Å². The Balaban J connectivity index is 4.36. The molecule has 56 heavy (non-hydrogen) atoms. The molecule has 1 amide bonds. The van der Waals surface area contributed by atoms with Gasteiger partial charge in [0.15, 0.2) is 0 Å². The van der Waals surface area contributed by atoms with Crippen LogP contribution in [0.2, 0.25) is 0 Å². The minimum Gasteiger partial charge on any atom is -0.387 e. The lowest BCUT2D eigenvalue weighted by Crippen LogP contribution is -2.45. The van der Waals surface area contributed by atoms with E-state index in [1.807, 2.05) is 27.2 Å². The van der Waals surface area contributed by atoms with E-state index in [-0.39, 0.29) is 19.1 Å². The number of unbranched alkanes of at least 4 members (excludes halogenated alkanes) is 16. The zero-order valence-electron chi connectivity index (χ0n) is 36.6. The van der Waals surface area contributed by atoms with Crippen molar-refractivity contribution in [2.24, 2.45) is 0 Å². The van der Waals surface area contributed by atoms with Crippen molar-refractivity contribution in [3.63, 3.8) is 0 Å². The molecule has 9 heteroatoms. The van der Waals surface area contributed by atoms with Crippen molar-refractivity contribution in [3.8, 4) is 0 Å². The summed E-state index contributed by atoms with van der Waals surface area (Å²) in [6.07, 6.45) is 51.1. The summed E-state index contributed by atoms with van der Waals surface area (Å²) in [5, 5.41) is 13.8. The van der Waals surface area contributed by atoms with Crippen LogP contribution in [0.3, 0.4) is 0 Å². The van der Waals surface area contributed by atoms with Crippen LogP contribution in [0.4, 0.5) is 0 Å². The molecule has 0 heterocycles. The standard InChI is InChI=1S/C47H85N2O6P/c1-6-8-10-12-14-16-18-19-20-21-22-23-24-25-26-27-28-29-31-33-35-37-39-41-47(51)48-45(44-55-56(52,53)54-43-42-49(3,4)5)46(50)40-38-36-34-32-30-17-15-13-11-9-7-2/h8,10,14,16,19-20,22-23,25-26,38,40,45-46,50H,6-7,9,11-13,15,17-18,21,24,27-37,39,41-44H2,1-5H3,(H-,48,51,52,53)/p+1/b10-8-,16-14-,20-19-,23-22-,26-25-,40-38+. The molecular weight excluding hydrogens is 719 g/mol. The number of quaternary nitrogens is 1. The number of likely N-dealkylation sites (N-methyl/N-ethyl adjacent to an activating group) is 1. The molecule has 3 N–H and O–H groups in total. The van der Waals surface area contributed by atoms with E-state index in [4.69, 9.17) is 9.05 Å². The molecular formula is C47H86N2O6P+. The zero-order chi connectivity index (χ0) is 41.4. The molecule has 8 nitrogen and oxygen atoms in total. The first-order valence-corrected chi connectivity index (χ1v) is 23.8. The van der Waals surface area contributed by atoms with E-state index >= 15 is 0 Å². The lowest BCUT2D eigenvalue weighted by atomic mass is 10.1. The van der Waals surface area contributed by atoms with E-state index in [1.54, 1.807) is 6.08 Å². The molecule has 3 atom stereocenters. The van der Waals surface area contributed by atoms with Gasteiger partial charge in [-0.2, -0.15) is 0 Å². The molecule has 0 radical (unpaired) electrons. The monoisotopic (exact) mass is 806 g/mol. The molecule has 0 aliphatic carbocycles. The molecule has 0 aromatic heterocycles. The van der Waals surface area contributed by atoms with Gasteiger partial charge in [0.25, 0.3) is 0 Å². The van der Waals surface area contributed by atoms with Gasteiger partial charge in [0, 0.05) is 6.42 Å². The van der Waals surface area contributed by atoms with Gasteiger partial charge in [-0.25, -0.2) is 4.57 Å². The number of aliphatic hydroxyl groups excluding tert-OH is 1. The number of phosphoric acid groups is 1. The Bertz CT molecular complexity index is 1140. The van der Waals surface area contributed by atoms with Gasteiger partial charge in [-0.3, -0.25) is 13.8 Å². The van der Waals surface area contributed by atoms with Crippen LogP contribution in [0, 0.1) is 0 Å². The molecule has 0 saturated carbocycles. The number of allylic oxidation sites excluding steroid dienone is 11. The highest BCUT2D eigenvalue weighted by Gasteiger charge is 2.27. The Kier molecular flexibility index (Phi) is 37.0. The van der Waals surface area contributed by atoms with Crippen molar-refractivity contribution in [2.45, 2.75) is 180 Å². The second kappa shape index (κ2) is 38.5. The maximum atomic E-state index is 12.9. The highest BCUT2D eigenvalue weighted by Crippen LogP contribution is 2.43. The molecule has 0 spiro atoms. The van der Waals surface area contributed by atoms with Crippen LogP contribution in [0.1, 0.15) is 168 Å². The van der Waals surface area contributed by atoms with Gasteiger partial charge in [-0.15, -0.1) is 0 Å². The van der Waals surface area contributed by atoms with E-state index in [0.717, 1.165) is 83.5 Å². The summed E-state index contributed by atoms with van der Waals surface area (Å²) < 4.78 is 23.5. The van der Waals surface area contributed by atoms with Crippen molar-refractivity contribution in [1.82, 2.24) is 5.32 Å². The Morgan fingerprint density at radius 2 is 1.07 bits per heavy atom. The number of rotatable bonds is 39. The summed E-state index contributed by atoms with van der Waals surface area (Å²) in [4.78, 5) is 23.1.